The Morgan fingerprint density at radius 3 is 1.67 bits per heavy atom. The molecule has 0 aromatic heterocycles. The average Bonchev–Trinajstić information content (AvgIpc) is 2.42. The van der Waals surface area contributed by atoms with Gasteiger partial charge in [-0.2, -0.15) is 26.3 Å². The number of hydrogen-bond donors (Lipinski definition) is 2. The minimum Gasteiger partial charge on any atom is -0.369 e. The molecular formula is C18H23F6NO2. The van der Waals surface area contributed by atoms with Crippen LogP contribution in [0.15, 0.2) is 18.2 Å². The van der Waals surface area contributed by atoms with E-state index < -0.39 is 45.9 Å². The molecule has 0 spiro atoms. The Hall–Kier alpha value is -1.77. The van der Waals surface area contributed by atoms with Crippen molar-refractivity contribution in [2.24, 2.45) is 5.41 Å². The number of carbonyl (C=O) groups is 1. The van der Waals surface area contributed by atoms with Crippen LogP contribution in [0.2, 0.25) is 0 Å². The molecule has 0 unspecified atom stereocenters. The molecule has 0 radical (unpaired) electrons. The highest BCUT2D eigenvalue weighted by molar-refractivity contribution is 5.95. The van der Waals surface area contributed by atoms with Gasteiger partial charge in [0.05, 0.1) is 0 Å². The van der Waals surface area contributed by atoms with E-state index in [4.69, 9.17) is 0 Å². The van der Waals surface area contributed by atoms with Crippen LogP contribution in [-0.4, -0.2) is 23.4 Å². The summed E-state index contributed by atoms with van der Waals surface area (Å²) in [5.74, 6) is -0.793. The van der Waals surface area contributed by atoms with Crippen molar-refractivity contribution in [3.05, 3.63) is 29.3 Å². The van der Waals surface area contributed by atoms with Crippen LogP contribution in [0.25, 0.3) is 0 Å². The van der Waals surface area contributed by atoms with Crippen LogP contribution in [0, 0.1) is 5.41 Å². The lowest BCUT2D eigenvalue weighted by atomic mass is 9.81. The van der Waals surface area contributed by atoms with E-state index in [2.05, 4.69) is 5.32 Å². The second-order valence-corrected chi connectivity index (χ2v) is 8.42. The van der Waals surface area contributed by atoms with Gasteiger partial charge in [-0.05, 0) is 23.1 Å². The van der Waals surface area contributed by atoms with Crippen molar-refractivity contribution in [3.63, 3.8) is 0 Å². The third-order valence-electron chi connectivity index (χ3n) is 4.03. The second-order valence-electron chi connectivity index (χ2n) is 8.42. The lowest BCUT2D eigenvalue weighted by Gasteiger charge is -2.35. The number of amides is 1. The number of rotatable bonds is 2. The van der Waals surface area contributed by atoms with Crippen LogP contribution in [0.3, 0.4) is 0 Å². The zero-order valence-corrected chi connectivity index (χ0v) is 15.9. The minimum absolute atomic E-state index is 0.137. The number of benzene rings is 1. The Balaban J connectivity index is 3.81. The van der Waals surface area contributed by atoms with Gasteiger partial charge in [0.25, 0.3) is 5.60 Å². The van der Waals surface area contributed by atoms with E-state index in [1.807, 2.05) is 0 Å². The molecule has 9 heteroatoms. The smallest absolute Gasteiger partial charge is 0.369 e. The first-order valence-electron chi connectivity index (χ1n) is 8.05. The zero-order valence-electron chi connectivity index (χ0n) is 15.9. The number of alkyl halides is 6. The minimum atomic E-state index is -6.05. The van der Waals surface area contributed by atoms with Crippen LogP contribution >= 0.6 is 0 Å². The van der Waals surface area contributed by atoms with Crippen molar-refractivity contribution in [3.8, 4) is 0 Å². The summed E-state index contributed by atoms with van der Waals surface area (Å²) in [5.41, 5.74) is -9.08. The summed E-state index contributed by atoms with van der Waals surface area (Å²) >= 11 is 0. The Morgan fingerprint density at radius 1 is 0.889 bits per heavy atom. The monoisotopic (exact) mass is 399 g/mol. The predicted molar refractivity (Wildman–Crippen MR) is 89.2 cm³/mol. The molecule has 0 saturated heterocycles. The number of anilines is 1. The fourth-order valence-electron chi connectivity index (χ4n) is 2.20. The highest BCUT2D eigenvalue weighted by Gasteiger charge is 2.72. The summed E-state index contributed by atoms with van der Waals surface area (Å²) in [4.78, 5) is 12.1. The third kappa shape index (κ3) is 4.56. The fourth-order valence-corrected chi connectivity index (χ4v) is 2.20. The van der Waals surface area contributed by atoms with Gasteiger partial charge in [0.1, 0.15) is 0 Å². The Bertz CT molecular complexity index is 695. The molecule has 1 aromatic carbocycles. The molecule has 1 aromatic rings. The van der Waals surface area contributed by atoms with Gasteiger partial charge in [-0.25, -0.2) is 0 Å². The van der Waals surface area contributed by atoms with Crippen molar-refractivity contribution < 1.29 is 36.2 Å². The Kier molecular flexibility index (Phi) is 5.76. The summed E-state index contributed by atoms with van der Waals surface area (Å²) in [7, 11) is 0. The van der Waals surface area contributed by atoms with Crippen molar-refractivity contribution in [1.82, 2.24) is 0 Å². The molecule has 0 saturated carbocycles. The zero-order chi connectivity index (χ0) is 21.6. The fraction of sp³-hybridized carbons (Fsp3) is 0.611. The van der Waals surface area contributed by atoms with Crippen molar-refractivity contribution in [2.45, 2.75) is 64.9 Å². The highest BCUT2D eigenvalue weighted by atomic mass is 19.4. The molecule has 1 amide bonds. The van der Waals surface area contributed by atoms with Crippen molar-refractivity contribution in [1.29, 1.82) is 0 Å². The van der Waals surface area contributed by atoms with Crippen LogP contribution in [0.5, 0.6) is 0 Å². The molecule has 0 aliphatic carbocycles. The molecule has 0 bridgehead atoms. The Labute approximate surface area is 153 Å². The molecule has 27 heavy (non-hydrogen) atoms. The maximum absolute atomic E-state index is 13.4. The van der Waals surface area contributed by atoms with Gasteiger partial charge in [-0.1, -0.05) is 47.6 Å². The average molecular weight is 399 g/mol. The standard InChI is InChI=1S/C18H23F6NO2/c1-14(2,3)10-7-8-12(25-13(26)15(4,5)6)11(9-10)16(27,17(19,20)21)18(22,23)24/h7-9,27H,1-6H3,(H,25,26). The van der Waals surface area contributed by atoms with Gasteiger partial charge in [0.15, 0.2) is 0 Å². The quantitative estimate of drug-likeness (QED) is 0.665. The molecule has 3 nitrogen and oxygen atoms in total. The van der Waals surface area contributed by atoms with Crippen LogP contribution < -0.4 is 5.32 Å². The topological polar surface area (TPSA) is 49.3 Å². The summed E-state index contributed by atoms with van der Waals surface area (Å²) in [6.07, 6.45) is -12.1. The summed E-state index contributed by atoms with van der Waals surface area (Å²) in [6.45, 7) is 9.14. The molecule has 2 N–H and O–H groups in total. The van der Waals surface area contributed by atoms with Gasteiger partial charge in [-0.3, -0.25) is 4.79 Å². The van der Waals surface area contributed by atoms with Gasteiger partial charge in [0.2, 0.25) is 5.91 Å². The third-order valence-corrected chi connectivity index (χ3v) is 4.03. The van der Waals surface area contributed by atoms with Gasteiger partial charge >= 0.3 is 12.4 Å². The molecule has 0 aliphatic rings. The maximum atomic E-state index is 13.4. The van der Waals surface area contributed by atoms with Gasteiger partial charge in [-0.15, -0.1) is 0 Å². The van der Waals surface area contributed by atoms with E-state index in [1.54, 1.807) is 20.8 Å². The van der Waals surface area contributed by atoms with Crippen LogP contribution in [0.1, 0.15) is 52.7 Å². The molecule has 0 fully saturated rings. The first kappa shape index (κ1) is 23.3. The number of halogens is 6. The summed E-state index contributed by atoms with van der Waals surface area (Å²) in [5, 5.41) is 11.9. The van der Waals surface area contributed by atoms with Crippen LogP contribution in [-0.2, 0) is 15.8 Å². The van der Waals surface area contributed by atoms with E-state index in [9.17, 15) is 36.2 Å². The lowest BCUT2D eigenvalue weighted by molar-refractivity contribution is -0.376. The van der Waals surface area contributed by atoms with E-state index >= 15 is 0 Å². The first-order chi connectivity index (χ1) is 11.7. The summed E-state index contributed by atoms with van der Waals surface area (Å²) < 4.78 is 80.3. The van der Waals surface area contributed by atoms with Gasteiger partial charge in [0, 0.05) is 16.7 Å². The van der Waals surface area contributed by atoms with E-state index in [0.29, 0.717) is 6.07 Å². The highest BCUT2D eigenvalue weighted by Crippen LogP contribution is 2.52. The van der Waals surface area contributed by atoms with E-state index in [1.165, 1.54) is 26.8 Å². The number of aliphatic hydroxyl groups is 1. The van der Waals surface area contributed by atoms with E-state index in [0.717, 1.165) is 6.07 Å². The SMILES string of the molecule is CC(C)(C)C(=O)Nc1ccc(C(C)(C)C)cc1C(O)(C(F)(F)F)C(F)(F)F. The molecule has 0 heterocycles. The normalized spacial score (nSPS) is 14.3. The molecule has 0 atom stereocenters. The Morgan fingerprint density at radius 2 is 1.33 bits per heavy atom. The number of nitrogens with one attached hydrogen (secondary N) is 1. The predicted octanol–water partition coefficient (Wildman–Crippen LogP) is 5.28. The number of carbonyl (C=O) groups excluding carboxylic acids is 1. The van der Waals surface area contributed by atoms with E-state index in [-0.39, 0.29) is 5.56 Å². The van der Waals surface area contributed by atoms with Crippen molar-refractivity contribution in [2.75, 3.05) is 5.32 Å². The number of hydrogen-bond acceptors (Lipinski definition) is 2. The van der Waals surface area contributed by atoms with Crippen LogP contribution in [0.4, 0.5) is 32.0 Å². The molecular weight excluding hydrogens is 376 g/mol. The largest absolute Gasteiger partial charge is 0.430 e. The van der Waals surface area contributed by atoms with Gasteiger partial charge < -0.3 is 10.4 Å². The second kappa shape index (κ2) is 6.68. The lowest BCUT2D eigenvalue weighted by Crippen LogP contribution is -2.54. The maximum Gasteiger partial charge on any atom is 0.430 e. The molecule has 0 aliphatic heterocycles. The molecule has 1 rings (SSSR count). The van der Waals surface area contributed by atoms with Crippen molar-refractivity contribution >= 4 is 11.6 Å². The summed E-state index contributed by atoms with van der Waals surface area (Å²) in [6, 6.07) is 2.90. The molecule has 154 valence electrons. The first-order valence-corrected chi connectivity index (χ1v) is 8.05.